The average molecular weight is 360 g/mol. The summed E-state index contributed by atoms with van der Waals surface area (Å²) >= 11 is 1.72. The van der Waals surface area contributed by atoms with Crippen LogP contribution in [-0.4, -0.2) is 48.4 Å². The van der Waals surface area contributed by atoms with E-state index < -0.39 is 0 Å². The van der Waals surface area contributed by atoms with Crippen LogP contribution in [0.3, 0.4) is 0 Å². The van der Waals surface area contributed by atoms with E-state index in [1.54, 1.807) is 11.3 Å². The van der Waals surface area contributed by atoms with Crippen LogP contribution in [0.25, 0.3) is 0 Å². The SMILES string of the molecule is O=C(CCc1cccs1)N1CCN(CCCc2ccc(F)cc2)CC1. The fourth-order valence-electron chi connectivity index (χ4n) is 3.22. The van der Waals surface area contributed by atoms with Gasteiger partial charge in [-0.3, -0.25) is 9.69 Å². The van der Waals surface area contributed by atoms with Crippen molar-refractivity contribution in [1.82, 2.24) is 9.80 Å². The summed E-state index contributed by atoms with van der Waals surface area (Å²) in [7, 11) is 0. The number of hydrogen-bond acceptors (Lipinski definition) is 3. The minimum absolute atomic E-state index is 0.177. The summed E-state index contributed by atoms with van der Waals surface area (Å²) in [4.78, 5) is 18.0. The molecule has 1 fully saturated rings. The van der Waals surface area contributed by atoms with Gasteiger partial charge in [0.1, 0.15) is 5.82 Å². The molecule has 1 aromatic carbocycles. The maximum absolute atomic E-state index is 12.9. The minimum atomic E-state index is -0.177. The van der Waals surface area contributed by atoms with E-state index in [0.717, 1.165) is 52.0 Å². The Morgan fingerprint density at radius 3 is 2.48 bits per heavy atom. The van der Waals surface area contributed by atoms with E-state index in [1.807, 2.05) is 23.1 Å². The highest BCUT2D eigenvalue weighted by Gasteiger charge is 2.20. The van der Waals surface area contributed by atoms with Gasteiger partial charge in [-0.25, -0.2) is 4.39 Å². The van der Waals surface area contributed by atoms with Gasteiger partial charge in [0.15, 0.2) is 0 Å². The molecule has 0 aliphatic carbocycles. The summed E-state index contributed by atoms with van der Waals surface area (Å²) in [6, 6.07) is 10.9. The predicted molar refractivity (Wildman–Crippen MR) is 100 cm³/mol. The van der Waals surface area contributed by atoms with Gasteiger partial charge >= 0.3 is 0 Å². The lowest BCUT2D eigenvalue weighted by atomic mass is 10.1. The largest absolute Gasteiger partial charge is 0.340 e. The molecule has 1 aliphatic heterocycles. The van der Waals surface area contributed by atoms with Crippen molar-refractivity contribution in [3.63, 3.8) is 0 Å². The molecule has 3 rings (SSSR count). The Labute approximate surface area is 153 Å². The summed E-state index contributed by atoms with van der Waals surface area (Å²) in [5.74, 6) is 0.1000. The molecular formula is C20H25FN2OS. The molecule has 2 heterocycles. The molecule has 1 aliphatic rings. The number of nitrogens with zero attached hydrogens (tertiary/aromatic N) is 2. The van der Waals surface area contributed by atoms with Gasteiger partial charge in [0.2, 0.25) is 5.91 Å². The van der Waals surface area contributed by atoms with Crippen LogP contribution < -0.4 is 0 Å². The topological polar surface area (TPSA) is 23.6 Å². The second-order valence-corrected chi connectivity index (χ2v) is 7.56. The van der Waals surface area contributed by atoms with Crippen LogP contribution in [0.2, 0.25) is 0 Å². The molecule has 0 unspecified atom stereocenters. The van der Waals surface area contributed by atoms with Crippen molar-refractivity contribution in [2.75, 3.05) is 32.7 Å². The lowest BCUT2D eigenvalue weighted by Crippen LogP contribution is -2.48. The Kier molecular flexibility index (Phi) is 6.59. The van der Waals surface area contributed by atoms with Crippen molar-refractivity contribution in [1.29, 1.82) is 0 Å². The first kappa shape index (κ1) is 18.1. The molecule has 0 atom stereocenters. The second-order valence-electron chi connectivity index (χ2n) is 6.53. The highest BCUT2D eigenvalue weighted by molar-refractivity contribution is 7.09. The standard InChI is InChI=1S/C20H25FN2OS/c21-18-7-5-17(6-8-18)3-1-11-22-12-14-23(15-13-22)20(24)10-9-19-4-2-16-25-19/h2,4-8,16H,1,3,9-15H2. The number of thiophene rings is 1. The van der Waals surface area contributed by atoms with E-state index >= 15 is 0 Å². The zero-order valence-corrected chi connectivity index (χ0v) is 15.3. The molecule has 134 valence electrons. The van der Waals surface area contributed by atoms with Crippen molar-refractivity contribution in [2.24, 2.45) is 0 Å². The molecule has 3 nitrogen and oxygen atoms in total. The van der Waals surface area contributed by atoms with Crippen molar-refractivity contribution in [3.05, 3.63) is 58.0 Å². The molecule has 1 amide bonds. The normalized spacial score (nSPS) is 15.5. The summed E-state index contributed by atoms with van der Waals surface area (Å²) in [5.41, 5.74) is 1.18. The molecule has 0 N–H and O–H groups in total. The molecule has 5 heteroatoms. The van der Waals surface area contributed by atoms with E-state index in [9.17, 15) is 9.18 Å². The number of carbonyl (C=O) groups excluding carboxylic acids is 1. The number of aryl methyl sites for hydroxylation is 2. The molecular weight excluding hydrogens is 335 g/mol. The molecule has 0 radical (unpaired) electrons. The molecule has 0 spiro atoms. The summed E-state index contributed by atoms with van der Waals surface area (Å²) < 4.78 is 12.9. The Bertz CT molecular complexity index is 649. The monoisotopic (exact) mass is 360 g/mol. The Morgan fingerprint density at radius 2 is 1.80 bits per heavy atom. The fourth-order valence-corrected chi connectivity index (χ4v) is 3.93. The second kappa shape index (κ2) is 9.11. The van der Waals surface area contributed by atoms with Crippen molar-refractivity contribution in [2.45, 2.75) is 25.7 Å². The van der Waals surface area contributed by atoms with Gasteiger partial charge in [-0.1, -0.05) is 18.2 Å². The lowest BCUT2D eigenvalue weighted by Gasteiger charge is -2.34. The van der Waals surface area contributed by atoms with Crippen LogP contribution in [-0.2, 0) is 17.6 Å². The fraction of sp³-hybridized carbons (Fsp3) is 0.450. The first-order valence-corrected chi connectivity index (χ1v) is 9.85. The van der Waals surface area contributed by atoms with Crippen molar-refractivity contribution < 1.29 is 9.18 Å². The van der Waals surface area contributed by atoms with Gasteiger partial charge in [-0.05, 0) is 54.9 Å². The average Bonchev–Trinajstić information content (AvgIpc) is 3.15. The number of hydrogen-bond donors (Lipinski definition) is 0. The Morgan fingerprint density at radius 1 is 1.04 bits per heavy atom. The quantitative estimate of drug-likeness (QED) is 0.753. The molecule has 2 aromatic rings. The number of piperazine rings is 1. The van der Waals surface area contributed by atoms with E-state index in [2.05, 4.69) is 16.3 Å². The van der Waals surface area contributed by atoms with Crippen LogP contribution in [0.5, 0.6) is 0 Å². The summed E-state index contributed by atoms with van der Waals surface area (Å²) in [5, 5.41) is 2.06. The van der Waals surface area contributed by atoms with Gasteiger partial charge in [0.25, 0.3) is 0 Å². The minimum Gasteiger partial charge on any atom is -0.340 e. The summed E-state index contributed by atoms with van der Waals surface area (Å²) in [6.07, 6.45) is 3.51. The number of halogens is 1. The lowest BCUT2D eigenvalue weighted by molar-refractivity contribution is -0.132. The predicted octanol–water partition coefficient (Wildman–Crippen LogP) is 3.60. The number of carbonyl (C=O) groups is 1. The van der Waals surface area contributed by atoms with E-state index in [4.69, 9.17) is 0 Å². The van der Waals surface area contributed by atoms with E-state index in [0.29, 0.717) is 6.42 Å². The molecule has 1 saturated heterocycles. The zero-order valence-electron chi connectivity index (χ0n) is 14.5. The molecule has 0 saturated carbocycles. The first-order valence-electron chi connectivity index (χ1n) is 8.98. The van der Waals surface area contributed by atoms with E-state index in [-0.39, 0.29) is 11.7 Å². The molecule has 1 aromatic heterocycles. The number of amides is 1. The Balaban J connectivity index is 1.32. The third kappa shape index (κ3) is 5.65. The van der Waals surface area contributed by atoms with Gasteiger partial charge in [0, 0.05) is 37.5 Å². The van der Waals surface area contributed by atoms with Crippen LogP contribution >= 0.6 is 11.3 Å². The maximum Gasteiger partial charge on any atom is 0.223 e. The highest BCUT2D eigenvalue weighted by atomic mass is 32.1. The Hall–Kier alpha value is -1.72. The first-order chi connectivity index (χ1) is 12.2. The molecule has 25 heavy (non-hydrogen) atoms. The van der Waals surface area contributed by atoms with E-state index in [1.165, 1.54) is 22.6 Å². The molecule has 0 bridgehead atoms. The van der Waals surface area contributed by atoms with Gasteiger partial charge in [0.05, 0.1) is 0 Å². The number of benzene rings is 1. The highest BCUT2D eigenvalue weighted by Crippen LogP contribution is 2.13. The van der Waals surface area contributed by atoms with Crippen molar-refractivity contribution in [3.8, 4) is 0 Å². The van der Waals surface area contributed by atoms with Crippen LogP contribution in [0, 0.1) is 5.82 Å². The van der Waals surface area contributed by atoms with Gasteiger partial charge in [-0.15, -0.1) is 11.3 Å². The van der Waals surface area contributed by atoms with Crippen LogP contribution in [0.1, 0.15) is 23.3 Å². The zero-order chi connectivity index (χ0) is 17.5. The smallest absolute Gasteiger partial charge is 0.223 e. The van der Waals surface area contributed by atoms with Gasteiger partial charge in [-0.2, -0.15) is 0 Å². The van der Waals surface area contributed by atoms with Crippen LogP contribution in [0.15, 0.2) is 41.8 Å². The van der Waals surface area contributed by atoms with Gasteiger partial charge < -0.3 is 4.90 Å². The number of rotatable bonds is 7. The third-order valence-electron chi connectivity index (χ3n) is 4.74. The maximum atomic E-state index is 12.9. The summed E-state index contributed by atoms with van der Waals surface area (Å²) in [6.45, 7) is 4.61. The van der Waals surface area contributed by atoms with Crippen molar-refractivity contribution >= 4 is 17.2 Å². The third-order valence-corrected chi connectivity index (χ3v) is 5.68. The van der Waals surface area contributed by atoms with Crippen LogP contribution in [0.4, 0.5) is 4.39 Å².